The fraction of sp³-hybridized carbons (Fsp3) is 0.150. The van der Waals surface area contributed by atoms with Gasteiger partial charge >= 0.3 is 5.63 Å². The fourth-order valence-electron chi connectivity index (χ4n) is 3.72. The minimum atomic E-state index is -0.455. The van der Waals surface area contributed by atoms with Crippen LogP contribution in [0.15, 0.2) is 50.5 Å². The molecule has 0 unspecified atom stereocenters. The Bertz CT molecular complexity index is 1310. The van der Waals surface area contributed by atoms with E-state index >= 15 is 0 Å². The van der Waals surface area contributed by atoms with Crippen molar-refractivity contribution in [2.75, 3.05) is 6.79 Å². The van der Waals surface area contributed by atoms with Crippen molar-refractivity contribution in [3.8, 4) is 17.2 Å². The molecule has 2 aliphatic rings. The van der Waals surface area contributed by atoms with E-state index in [0.717, 1.165) is 17.4 Å². The Hall–Kier alpha value is -3.41. The van der Waals surface area contributed by atoms with Crippen LogP contribution >= 0.6 is 0 Å². The van der Waals surface area contributed by atoms with E-state index in [-0.39, 0.29) is 12.9 Å². The molecule has 2 aromatic carbocycles. The maximum Gasteiger partial charge on any atom is 0.348 e. The van der Waals surface area contributed by atoms with Crippen molar-refractivity contribution in [1.82, 2.24) is 0 Å². The van der Waals surface area contributed by atoms with E-state index in [2.05, 4.69) is 6.58 Å². The summed E-state index contributed by atoms with van der Waals surface area (Å²) < 4.78 is 28.2. The normalized spacial score (nSPS) is 17.8. The topological polar surface area (TPSA) is 71.0 Å². The molecule has 2 aromatic heterocycles. The molecule has 0 saturated carbocycles. The molecule has 0 N–H and O–H groups in total. The Morgan fingerprint density at radius 3 is 2.58 bits per heavy atom. The van der Waals surface area contributed by atoms with Crippen LogP contribution in [0.3, 0.4) is 0 Å². The van der Waals surface area contributed by atoms with Crippen molar-refractivity contribution >= 4 is 32.9 Å². The number of ether oxygens (including phenoxy) is 3. The minimum absolute atomic E-state index is 0.0722. The van der Waals surface area contributed by atoms with Crippen molar-refractivity contribution in [3.63, 3.8) is 0 Å². The summed E-state index contributed by atoms with van der Waals surface area (Å²) in [6.45, 7) is 3.94. The van der Waals surface area contributed by atoms with Gasteiger partial charge in [0.15, 0.2) is 17.1 Å². The van der Waals surface area contributed by atoms with E-state index in [4.69, 9.17) is 23.0 Å². The largest absolute Gasteiger partial charge is 0.486 e. The highest BCUT2D eigenvalue weighted by atomic mass is 16.7. The van der Waals surface area contributed by atoms with Crippen LogP contribution in [0.2, 0.25) is 0 Å². The van der Waals surface area contributed by atoms with Gasteiger partial charge in [-0.2, -0.15) is 0 Å². The van der Waals surface area contributed by atoms with Crippen LogP contribution in [0.4, 0.5) is 0 Å². The predicted molar refractivity (Wildman–Crippen MR) is 94.2 cm³/mol. The third kappa shape index (κ3) is 1.68. The molecule has 0 radical (unpaired) electrons. The lowest BCUT2D eigenvalue weighted by molar-refractivity contribution is 0.174. The Kier molecular flexibility index (Phi) is 2.45. The molecule has 0 aliphatic carbocycles. The highest BCUT2D eigenvalue weighted by Gasteiger charge is 2.25. The van der Waals surface area contributed by atoms with E-state index in [9.17, 15) is 4.79 Å². The molecule has 0 fully saturated rings. The van der Waals surface area contributed by atoms with Gasteiger partial charge in [-0.25, -0.2) is 4.79 Å². The number of fused-ring (bicyclic) bond motifs is 7. The second-order valence-corrected chi connectivity index (χ2v) is 6.45. The number of hydrogen-bond acceptors (Lipinski definition) is 6. The average Bonchev–Trinajstić information content (AvgIpc) is 3.33. The Balaban J connectivity index is 1.72. The molecule has 0 spiro atoms. The van der Waals surface area contributed by atoms with Gasteiger partial charge < -0.3 is 23.0 Å². The van der Waals surface area contributed by atoms with E-state index in [0.29, 0.717) is 44.8 Å². The molecule has 128 valence electrons. The Labute approximate surface area is 146 Å². The molecule has 0 bridgehead atoms. The van der Waals surface area contributed by atoms with Gasteiger partial charge in [0.05, 0.1) is 5.39 Å². The van der Waals surface area contributed by atoms with Crippen LogP contribution in [0.5, 0.6) is 17.2 Å². The number of rotatable bonds is 1. The van der Waals surface area contributed by atoms with Gasteiger partial charge in [-0.05, 0) is 17.7 Å². The predicted octanol–water partition coefficient (Wildman–Crippen LogP) is 3.91. The molecule has 0 saturated heterocycles. The van der Waals surface area contributed by atoms with Crippen LogP contribution in [-0.2, 0) is 6.42 Å². The summed E-state index contributed by atoms with van der Waals surface area (Å²) in [5.41, 5.74) is 2.07. The highest BCUT2D eigenvalue weighted by molar-refractivity contribution is 6.13. The van der Waals surface area contributed by atoms with Gasteiger partial charge in [-0.1, -0.05) is 12.7 Å². The number of benzene rings is 2. The van der Waals surface area contributed by atoms with Crippen molar-refractivity contribution in [1.29, 1.82) is 0 Å². The maximum atomic E-state index is 12.6. The molecule has 2 aliphatic heterocycles. The zero-order chi connectivity index (χ0) is 17.4. The van der Waals surface area contributed by atoms with Gasteiger partial charge in [0.1, 0.15) is 28.4 Å². The van der Waals surface area contributed by atoms with Crippen LogP contribution in [-0.4, -0.2) is 12.9 Å². The summed E-state index contributed by atoms with van der Waals surface area (Å²) >= 11 is 0. The molecule has 26 heavy (non-hydrogen) atoms. The first-order valence-corrected chi connectivity index (χ1v) is 8.26. The van der Waals surface area contributed by atoms with Crippen molar-refractivity contribution in [3.05, 3.63) is 52.9 Å². The lowest BCUT2D eigenvalue weighted by atomic mass is 10.1. The molecule has 0 amide bonds. The van der Waals surface area contributed by atoms with E-state index in [1.54, 1.807) is 24.3 Å². The molecule has 6 nitrogen and oxygen atoms in total. The molecule has 6 heteroatoms. The monoisotopic (exact) mass is 348 g/mol. The minimum Gasteiger partial charge on any atom is -0.486 e. The van der Waals surface area contributed by atoms with Crippen molar-refractivity contribution < 1.29 is 23.0 Å². The second kappa shape index (κ2) is 4.60. The van der Waals surface area contributed by atoms with Crippen LogP contribution in [0.1, 0.15) is 5.56 Å². The molecule has 1 atom stereocenters. The fourth-order valence-corrected chi connectivity index (χ4v) is 3.72. The molecule has 4 heterocycles. The van der Waals surface area contributed by atoms with E-state index < -0.39 is 5.63 Å². The highest BCUT2D eigenvalue weighted by Crippen LogP contribution is 2.42. The standard InChI is InChI=1S/C20H12O6/c1-2-10-3-9-4-12-15(6-13(9)24-10)26-20(21)18-11-5-16-17(23-8-22-16)7-14(11)25-19(12)18/h2,4-7,10H,1,3,8H2/t10-/m1/s1. The third-order valence-electron chi connectivity index (χ3n) is 4.96. The van der Waals surface area contributed by atoms with Gasteiger partial charge in [0.2, 0.25) is 6.79 Å². The summed E-state index contributed by atoms with van der Waals surface area (Å²) in [4.78, 5) is 12.6. The molecular weight excluding hydrogens is 336 g/mol. The van der Waals surface area contributed by atoms with Gasteiger partial charge in [0.25, 0.3) is 0 Å². The summed E-state index contributed by atoms with van der Waals surface area (Å²) in [6.07, 6.45) is 2.42. The first-order valence-electron chi connectivity index (χ1n) is 8.26. The van der Waals surface area contributed by atoms with Crippen LogP contribution in [0, 0.1) is 0 Å². The summed E-state index contributed by atoms with van der Waals surface area (Å²) in [6, 6.07) is 7.21. The Morgan fingerprint density at radius 1 is 0.962 bits per heavy atom. The lowest BCUT2D eigenvalue weighted by Crippen LogP contribution is -2.07. The maximum absolute atomic E-state index is 12.6. The van der Waals surface area contributed by atoms with E-state index in [1.165, 1.54) is 0 Å². The summed E-state index contributed by atoms with van der Waals surface area (Å²) in [5, 5.41) is 1.80. The summed E-state index contributed by atoms with van der Waals surface area (Å²) in [7, 11) is 0. The number of hydrogen-bond donors (Lipinski definition) is 0. The first-order chi connectivity index (χ1) is 12.7. The average molecular weight is 348 g/mol. The second-order valence-electron chi connectivity index (χ2n) is 6.45. The first kappa shape index (κ1) is 13.8. The lowest BCUT2D eigenvalue weighted by Gasteiger charge is -2.04. The Morgan fingerprint density at radius 2 is 1.73 bits per heavy atom. The quantitative estimate of drug-likeness (QED) is 0.384. The SMILES string of the molecule is C=C[C@@H]1Cc2cc3c(cc2O1)oc(=O)c1c2cc4c(cc2oc31)OCO4. The van der Waals surface area contributed by atoms with Gasteiger partial charge in [-0.3, -0.25) is 0 Å². The van der Waals surface area contributed by atoms with Gasteiger partial charge in [-0.15, -0.1) is 0 Å². The molecule has 6 rings (SSSR count). The smallest absolute Gasteiger partial charge is 0.348 e. The number of furan rings is 1. The zero-order valence-electron chi connectivity index (χ0n) is 13.5. The van der Waals surface area contributed by atoms with E-state index in [1.807, 2.05) is 6.07 Å². The van der Waals surface area contributed by atoms with Gasteiger partial charge in [0, 0.05) is 23.9 Å². The van der Waals surface area contributed by atoms with Crippen molar-refractivity contribution in [2.24, 2.45) is 0 Å². The zero-order valence-corrected chi connectivity index (χ0v) is 13.5. The van der Waals surface area contributed by atoms with Crippen molar-refractivity contribution in [2.45, 2.75) is 12.5 Å². The summed E-state index contributed by atoms with van der Waals surface area (Å²) in [5.74, 6) is 1.91. The van der Waals surface area contributed by atoms with Crippen LogP contribution < -0.4 is 19.8 Å². The van der Waals surface area contributed by atoms with Crippen LogP contribution in [0.25, 0.3) is 32.9 Å². The molecule has 4 aromatic rings. The third-order valence-corrected chi connectivity index (χ3v) is 4.96. The molecular formula is C20H12O6.